The lowest BCUT2D eigenvalue weighted by atomic mass is 9.87. The molecule has 2 saturated heterocycles. The zero-order chi connectivity index (χ0) is 19.6. The van der Waals surface area contributed by atoms with E-state index in [4.69, 9.17) is 27.9 Å². The van der Waals surface area contributed by atoms with Crippen molar-refractivity contribution < 1.29 is 9.53 Å². The SMILES string of the molecule is CCC(CC)(OC)[C@@H]1CCCN1N1CC[C@H](Cc2ccc(Cl)cc2Cl)C1=O. The molecular formula is C21H30Cl2N2O2. The first-order chi connectivity index (χ1) is 13.0. The Hall–Kier alpha value is -0.810. The van der Waals surface area contributed by atoms with Gasteiger partial charge in [0.05, 0.1) is 11.6 Å². The van der Waals surface area contributed by atoms with Crippen LogP contribution in [0.3, 0.4) is 0 Å². The van der Waals surface area contributed by atoms with Gasteiger partial charge >= 0.3 is 0 Å². The quantitative estimate of drug-likeness (QED) is 0.633. The zero-order valence-electron chi connectivity index (χ0n) is 16.5. The van der Waals surface area contributed by atoms with Crippen LogP contribution in [0.1, 0.15) is 51.5 Å². The number of halogens is 2. The van der Waals surface area contributed by atoms with Gasteiger partial charge in [-0.15, -0.1) is 0 Å². The number of hydrazine groups is 1. The third-order valence-corrected chi connectivity index (χ3v) is 7.11. The van der Waals surface area contributed by atoms with Gasteiger partial charge in [0.15, 0.2) is 0 Å². The third-order valence-electron chi connectivity index (χ3n) is 6.52. The molecule has 2 heterocycles. The summed E-state index contributed by atoms with van der Waals surface area (Å²) >= 11 is 12.3. The monoisotopic (exact) mass is 412 g/mol. The second-order valence-electron chi connectivity index (χ2n) is 7.68. The molecule has 3 rings (SSSR count). The summed E-state index contributed by atoms with van der Waals surface area (Å²) in [7, 11) is 1.81. The summed E-state index contributed by atoms with van der Waals surface area (Å²) in [5, 5.41) is 5.55. The molecule has 0 N–H and O–H groups in total. The van der Waals surface area contributed by atoms with Gasteiger partial charge in [0, 0.05) is 36.2 Å². The fourth-order valence-electron chi connectivity index (χ4n) is 4.84. The number of hydrogen-bond acceptors (Lipinski definition) is 3. The number of hydrogen-bond donors (Lipinski definition) is 0. The Labute approximate surface area is 172 Å². The van der Waals surface area contributed by atoms with Crippen molar-refractivity contribution >= 4 is 29.1 Å². The molecule has 0 spiro atoms. The van der Waals surface area contributed by atoms with Gasteiger partial charge in [0.25, 0.3) is 0 Å². The lowest BCUT2D eigenvalue weighted by Crippen LogP contribution is -2.57. The summed E-state index contributed by atoms with van der Waals surface area (Å²) < 4.78 is 5.99. The van der Waals surface area contributed by atoms with Crippen molar-refractivity contribution in [1.29, 1.82) is 0 Å². The largest absolute Gasteiger partial charge is 0.377 e. The fraction of sp³-hybridized carbons (Fsp3) is 0.667. The van der Waals surface area contributed by atoms with Crippen molar-refractivity contribution in [3.05, 3.63) is 33.8 Å². The second kappa shape index (κ2) is 8.69. The van der Waals surface area contributed by atoms with Crippen LogP contribution in [0, 0.1) is 5.92 Å². The van der Waals surface area contributed by atoms with Crippen LogP contribution >= 0.6 is 23.2 Å². The number of rotatable bonds is 7. The number of benzene rings is 1. The Morgan fingerprint density at radius 1 is 1.19 bits per heavy atom. The van der Waals surface area contributed by atoms with Crippen molar-refractivity contribution in [2.45, 2.75) is 64.0 Å². The number of carbonyl (C=O) groups excluding carboxylic acids is 1. The number of amides is 1. The van der Waals surface area contributed by atoms with Gasteiger partial charge in [-0.25, -0.2) is 5.01 Å². The molecule has 27 heavy (non-hydrogen) atoms. The molecule has 2 aliphatic heterocycles. The van der Waals surface area contributed by atoms with E-state index in [0.717, 1.165) is 50.8 Å². The highest BCUT2D eigenvalue weighted by Crippen LogP contribution is 2.38. The molecule has 2 fully saturated rings. The number of methoxy groups -OCH3 is 1. The summed E-state index contributed by atoms with van der Waals surface area (Å²) in [6.45, 7) is 6.07. The van der Waals surface area contributed by atoms with Gasteiger partial charge < -0.3 is 4.74 Å². The molecule has 0 aliphatic carbocycles. The van der Waals surface area contributed by atoms with Gasteiger partial charge in [-0.3, -0.25) is 9.80 Å². The Morgan fingerprint density at radius 3 is 2.56 bits per heavy atom. The van der Waals surface area contributed by atoms with Crippen LogP contribution in [0.25, 0.3) is 0 Å². The van der Waals surface area contributed by atoms with Crippen LogP contribution in [-0.4, -0.2) is 47.8 Å². The lowest BCUT2D eigenvalue weighted by Gasteiger charge is -2.44. The molecule has 0 saturated carbocycles. The van der Waals surface area contributed by atoms with Crippen LogP contribution < -0.4 is 0 Å². The first kappa shape index (κ1) is 20.9. The van der Waals surface area contributed by atoms with Crippen LogP contribution in [-0.2, 0) is 16.0 Å². The average Bonchev–Trinajstić information content (AvgIpc) is 3.27. The van der Waals surface area contributed by atoms with Crippen LogP contribution in [0.15, 0.2) is 18.2 Å². The molecule has 0 unspecified atom stereocenters. The molecule has 0 bridgehead atoms. The number of ether oxygens (including phenoxy) is 1. The van der Waals surface area contributed by atoms with Gasteiger partial charge in [0.1, 0.15) is 0 Å². The van der Waals surface area contributed by atoms with E-state index in [9.17, 15) is 4.79 Å². The minimum Gasteiger partial charge on any atom is -0.377 e. The molecule has 2 atom stereocenters. The molecule has 6 heteroatoms. The van der Waals surface area contributed by atoms with E-state index < -0.39 is 0 Å². The van der Waals surface area contributed by atoms with Crippen molar-refractivity contribution in [3.63, 3.8) is 0 Å². The Balaban J connectivity index is 1.74. The molecule has 1 amide bonds. The predicted octanol–water partition coefficient (Wildman–Crippen LogP) is 4.97. The predicted molar refractivity (Wildman–Crippen MR) is 110 cm³/mol. The fourth-order valence-corrected chi connectivity index (χ4v) is 5.33. The zero-order valence-corrected chi connectivity index (χ0v) is 18.0. The van der Waals surface area contributed by atoms with Crippen LogP contribution in [0.5, 0.6) is 0 Å². The number of nitrogens with zero attached hydrogens (tertiary/aromatic N) is 2. The van der Waals surface area contributed by atoms with E-state index in [1.807, 2.05) is 17.1 Å². The lowest BCUT2D eigenvalue weighted by molar-refractivity contribution is -0.162. The van der Waals surface area contributed by atoms with Crippen LogP contribution in [0.4, 0.5) is 0 Å². The summed E-state index contributed by atoms with van der Waals surface area (Å²) in [4.78, 5) is 13.2. The molecule has 0 aromatic heterocycles. The number of carbonyl (C=O) groups is 1. The molecule has 1 aromatic rings. The smallest absolute Gasteiger partial charge is 0.240 e. The van der Waals surface area contributed by atoms with Crippen molar-refractivity contribution in [3.8, 4) is 0 Å². The highest BCUT2D eigenvalue weighted by Gasteiger charge is 2.47. The van der Waals surface area contributed by atoms with E-state index in [1.54, 1.807) is 13.2 Å². The summed E-state index contributed by atoms with van der Waals surface area (Å²) in [5.74, 6) is 0.190. The van der Waals surface area contributed by atoms with Gasteiger partial charge in [-0.05, 0) is 56.2 Å². The summed E-state index contributed by atoms with van der Waals surface area (Å²) in [6, 6.07) is 5.79. The molecule has 4 nitrogen and oxygen atoms in total. The van der Waals surface area contributed by atoms with E-state index >= 15 is 0 Å². The highest BCUT2D eigenvalue weighted by atomic mass is 35.5. The second-order valence-corrected chi connectivity index (χ2v) is 8.53. The van der Waals surface area contributed by atoms with Crippen molar-refractivity contribution in [1.82, 2.24) is 10.0 Å². The maximum Gasteiger partial charge on any atom is 0.240 e. The van der Waals surface area contributed by atoms with Crippen molar-refractivity contribution in [2.24, 2.45) is 5.92 Å². The van der Waals surface area contributed by atoms with Crippen LogP contribution in [0.2, 0.25) is 10.0 Å². The highest BCUT2D eigenvalue weighted by molar-refractivity contribution is 6.35. The molecule has 1 aromatic carbocycles. The molecule has 150 valence electrons. The van der Waals surface area contributed by atoms with E-state index in [0.29, 0.717) is 16.5 Å². The molecular weight excluding hydrogens is 383 g/mol. The van der Waals surface area contributed by atoms with Gasteiger partial charge in [-0.2, -0.15) is 0 Å². The molecule has 2 aliphatic rings. The Kier molecular flexibility index (Phi) is 6.73. The first-order valence-corrected chi connectivity index (χ1v) is 10.8. The normalized spacial score (nSPS) is 24.2. The molecule has 0 radical (unpaired) electrons. The van der Waals surface area contributed by atoms with Gasteiger partial charge in [0.2, 0.25) is 5.91 Å². The summed E-state index contributed by atoms with van der Waals surface area (Å²) in [5.41, 5.74) is 0.807. The topological polar surface area (TPSA) is 32.8 Å². The van der Waals surface area contributed by atoms with Gasteiger partial charge in [-0.1, -0.05) is 43.1 Å². The Bertz CT molecular complexity index is 670. The maximum absolute atomic E-state index is 13.2. The third kappa shape index (κ3) is 4.00. The van der Waals surface area contributed by atoms with Crippen molar-refractivity contribution in [2.75, 3.05) is 20.2 Å². The first-order valence-electron chi connectivity index (χ1n) is 10.0. The maximum atomic E-state index is 13.2. The van der Waals surface area contributed by atoms with E-state index in [1.165, 1.54) is 0 Å². The standard InChI is InChI=1S/C21H30Cl2N2O2/c1-4-21(5-2,27-3)19-7-6-11-24(19)25-12-10-16(20(25)26)13-15-8-9-17(22)14-18(15)23/h8-9,14,16,19H,4-7,10-13H2,1-3H3/t16-,19+/m1/s1. The van der Waals surface area contributed by atoms with E-state index in [-0.39, 0.29) is 23.5 Å². The average molecular weight is 413 g/mol. The Morgan fingerprint density at radius 2 is 1.93 bits per heavy atom. The summed E-state index contributed by atoms with van der Waals surface area (Å²) in [6.07, 6.45) is 5.61. The minimum atomic E-state index is -0.186. The van der Waals surface area contributed by atoms with E-state index in [2.05, 4.69) is 18.9 Å². The minimum absolute atomic E-state index is 0.0230.